The Morgan fingerprint density at radius 3 is 2.78 bits per heavy atom. The molecule has 0 bridgehead atoms. The van der Waals surface area contributed by atoms with Crippen LogP contribution in [0.2, 0.25) is 0 Å². The quantitative estimate of drug-likeness (QED) is 0.853. The van der Waals surface area contributed by atoms with Crippen molar-refractivity contribution in [2.24, 2.45) is 0 Å². The number of rotatable bonds is 2. The number of hydrogen-bond acceptors (Lipinski definition) is 3. The summed E-state index contributed by atoms with van der Waals surface area (Å²) < 4.78 is 13.5. The van der Waals surface area contributed by atoms with E-state index in [0.717, 1.165) is 5.56 Å². The Morgan fingerprint density at radius 2 is 2.11 bits per heavy atom. The number of carbonyl (C=O) groups excluding carboxylic acids is 1. The van der Waals surface area contributed by atoms with E-state index in [1.165, 1.54) is 24.4 Å². The Hall–Kier alpha value is -2.43. The average Bonchev–Trinajstić information content (AvgIpc) is 2.34. The summed E-state index contributed by atoms with van der Waals surface area (Å²) in [4.78, 5) is 15.6. The first kappa shape index (κ1) is 12.0. The zero-order chi connectivity index (χ0) is 13.1. The smallest absolute Gasteiger partial charge is 0.257 e. The topological polar surface area (TPSA) is 68.0 Å². The van der Waals surface area contributed by atoms with Gasteiger partial charge in [-0.3, -0.25) is 4.79 Å². The number of anilines is 2. The van der Waals surface area contributed by atoms with Gasteiger partial charge < -0.3 is 11.1 Å². The number of benzene rings is 1. The van der Waals surface area contributed by atoms with Crippen LogP contribution in [0.5, 0.6) is 0 Å². The molecule has 18 heavy (non-hydrogen) atoms. The van der Waals surface area contributed by atoms with Crippen molar-refractivity contribution >= 4 is 17.4 Å². The van der Waals surface area contributed by atoms with Gasteiger partial charge >= 0.3 is 0 Å². The van der Waals surface area contributed by atoms with Crippen molar-refractivity contribution in [3.63, 3.8) is 0 Å². The molecule has 2 aromatic rings. The number of amides is 1. The standard InChI is InChI=1S/C13H12FN3O/c1-8-2-4-10(14)11(6-8)17-13(18)9-3-5-12(15)16-7-9/h2-7H,1H3,(H2,15,16)(H,17,18). The number of carbonyl (C=O) groups is 1. The summed E-state index contributed by atoms with van der Waals surface area (Å²) in [5.74, 6) is -0.572. The first-order chi connectivity index (χ1) is 8.56. The number of nitrogens with two attached hydrogens (primary N) is 1. The molecule has 0 saturated carbocycles. The van der Waals surface area contributed by atoms with E-state index in [0.29, 0.717) is 11.4 Å². The van der Waals surface area contributed by atoms with E-state index in [9.17, 15) is 9.18 Å². The summed E-state index contributed by atoms with van der Waals surface area (Å²) in [6.07, 6.45) is 1.35. The molecule has 1 amide bonds. The predicted molar refractivity (Wildman–Crippen MR) is 67.7 cm³/mol. The van der Waals surface area contributed by atoms with Crippen LogP contribution in [0.1, 0.15) is 15.9 Å². The molecule has 0 radical (unpaired) electrons. The maximum atomic E-state index is 13.5. The van der Waals surface area contributed by atoms with Crippen LogP contribution in [0.15, 0.2) is 36.5 Å². The van der Waals surface area contributed by atoms with Crippen molar-refractivity contribution in [3.05, 3.63) is 53.5 Å². The second-order valence-electron chi connectivity index (χ2n) is 3.91. The molecule has 3 N–H and O–H groups in total. The molecule has 0 aliphatic rings. The molecule has 1 heterocycles. The second kappa shape index (κ2) is 4.83. The maximum absolute atomic E-state index is 13.5. The highest BCUT2D eigenvalue weighted by Crippen LogP contribution is 2.16. The highest BCUT2D eigenvalue weighted by Gasteiger charge is 2.09. The van der Waals surface area contributed by atoms with Crippen molar-refractivity contribution in [2.45, 2.75) is 6.92 Å². The Balaban J connectivity index is 2.21. The van der Waals surface area contributed by atoms with Crippen LogP contribution in [0.25, 0.3) is 0 Å². The van der Waals surface area contributed by atoms with Crippen molar-refractivity contribution in [1.82, 2.24) is 4.98 Å². The maximum Gasteiger partial charge on any atom is 0.257 e. The monoisotopic (exact) mass is 245 g/mol. The molecule has 0 aliphatic heterocycles. The zero-order valence-corrected chi connectivity index (χ0v) is 9.77. The van der Waals surface area contributed by atoms with Gasteiger partial charge in [0.25, 0.3) is 5.91 Å². The van der Waals surface area contributed by atoms with Gasteiger partial charge in [0.05, 0.1) is 11.3 Å². The molecule has 92 valence electrons. The first-order valence-electron chi connectivity index (χ1n) is 5.35. The Morgan fingerprint density at radius 1 is 1.33 bits per heavy atom. The van der Waals surface area contributed by atoms with Crippen molar-refractivity contribution in [3.8, 4) is 0 Å². The van der Waals surface area contributed by atoms with Crippen LogP contribution in [0.4, 0.5) is 15.9 Å². The lowest BCUT2D eigenvalue weighted by Gasteiger charge is -2.07. The number of halogens is 1. The fourth-order valence-corrected chi connectivity index (χ4v) is 1.47. The van der Waals surface area contributed by atoms with Gasteiger partial charge in [0.1, 0.15) is 11.6 Å². The fourth-order valence-electron chi connectivity index (χ4n) is 1.47. The largest absolute Gasteiger partial charge is 0.384 e. The van der Waals surface area contributed by atoms with E-state index >= 15 is 0 Å². The number of aryl methyl sites for hydroxylation is 1. The van der Waals surface area contributed by atoms with E-state index < -0.39 is 11.7 Å². The van der Waals surface area contributed by atoms with Crippen LogP contribution in [-0.2, 0) is 0 Å². The van der Waals surface area contributed by atoms with E-state index in [-0.39, 0.29) is 5.69 Å². The van der Waals surface area contributed by atoms with Crippen molar-refractivity contribution < 1.29 is 9.18 Å². The predicted octanol–water partition coefficient (Wildman–Crippen LogP) is 2.36. The van der Waals surface area contributed by atoms with Crippen LogP contribution >= 0.6 is 0 Å². The average molecular weight is 245 g/mol. The molecule has 0 spiro atoms. The molecule has 0 aliphatic carbocycles. The van der Waals surface area contributed by atoms with Gasteiger partial charge in [-0.05, 0) is 36.8 Å². The van der Waals surface area contributed by atoms with Gasteiger partial charge in [-0.1, -0.05) is 6.07 Å². The molecular formula is C13H12FN3O. The number of pyridine rings is 1. The van der Waals surface area contributed by atoms with Gasteiger partial charge in [-0.2, -0.15) is 0 Å². The number of aromatic nitrogens is 1. The number of nitrogens with zero attached hydrogens (tertiary/aromatic N) is 1. The first-order valence-corrected chi connectivity index (χ1v) is 5.35. The van der Waals surface area contributed by atoms with E-state index in [1.807, 2.05) is 6.92 Å². The minimum Gasteiger partial charge on any atom is -0.384 e. The van der Waals surface area contributed by atoms with Gasteiger partial charge in [0.15, 0.2) is 0 Å². The number of nitrogens with one attached hydrogen (secondary N) is 1. The summed E-state index contributed by atoms with van der Waals surface area (Å²) in [6.45, 7) is 1.82. The SMILES string of the molecule is Cc1ccc(F)c(NC(=O)c2ccc(N)nc2)c1. The highest BCUT2D eigenvalue weighted by molar-refractivity contribution is 6.04. The molecule has 1 aromatic heterocycles. The minimum absolute atomic E-state index is 0.150. The molecule has 0 atom stereocenters. The molecule has 1 aromatic carbocycles. The minimum atomic E-state index is -0.475. The van der Waals surface area contributed by atoms with Crippen LogP contribution in [-0.4, -0.2) is 10.9 Å². The van der Waals surface area contributed by atoms with Gasteiger partial charge in [-0.25, -0.2) is 9.37 Å². The molecule has 0 unspecified atom stereocenters. The summed E-state index contributed by atoms with van der Waals surface area (Å²) >= 11 is 0. The zero-order valence-electron chi connectivity index (χ0n) is 9.77. The summed E-state index contributed by atoms with van der Waals surface area (Å²) in [6, 6.07) is 7.56. The lowest BCUT2D eigenvalue weighted by Crippen LogP contribution is -2.13. The van der Waals surface area contributed by atoms with Crippen LogP contribution < -0.4 is 11.1 Å². The van der Waals surface area contributed by atoms with E-state index in [4.69, 9.17) is 5.73 Å². The van der Waals surface area contributed by atoms with Gasteiger partial charge in [0.2, 0.25) is 0 Å². The summed E-state index contributed by atoms with van der Waals surface area (Å²) in [5, 5.41) is 2.49. The van der Waals surface area contributed by atoms with Crippen LogP contribution in [0.3, 0.4) is 0 Å². The molecule has 4 nitrogen and oxygen atoms in total. The number of hydrogen-bond donors (Lipinski definition) is 2. The third-order valence-corrected chi connectivity index (χ3v) is 2.42. The van der Waals surface area contributed by atoms with E-state index in [2.05, 4.69) is 10.3 Å². The van der Waals surface area contributed by atoms with Gasteiger partial charge in [-0.15, -0.1) is 0 Å². The Bertz CT molecular complexity index is 581. The third kappa shape index (κ3) is 2.63. The Kier molecular flexibility index (Phi) is 3.23. The molecule has 0 fully saturated rings. The summed E-state index contributed by atoms with van der Waals surface area (Å²) in [5.41, 5.74) is 6.76. The van der Waals surface area contributed by atoms with E-state index in [1.54, 1.807) is 12.1 Å². The third-order valence-electron chi connectivity index (χ3n) is 2.42. The fraction of sp³-hybridized carbons (Fsp3) is 0.0769. The second-order valence-corrected chi connectivity index (χ2v) is 3.91. The number of nitrogen functional groups attached to an aromatic ring is 1. The lowest BCUT2D eigenvalue weighted by atomic mass is 10.2. The van der Waals surface area contributed by atoms with Crippen LogP contribution in [0, 0.1) is 12.7 Å². The van der Waals surface area contributed by atoms with Gasteiger partial charge in [0, 0.05) is 6.20 Å². The lowest BCUT2D eigenvalue weighted by molar-refractivity contribution is 0.102. The summed E-state index contributed by atoms with van der Waals surface area (Å²) in [7, 11) is 0. The van der Waals surface area contributed by atoms with Crippen molar-refractivity contribution in [2.75, 3.05) is 11.1 Å². The molecule has 5 heteroatoms. The Labute approximate surface area is 104 Å². The molecule has 0 saturated heterocycles. The normalized spacial score (nSPS) is 10.1. The highest BCUT2D eigenvalue weighted by atomic mass is 19.1. The molecule has 2 rings (SSSR count). The molecular weight excluding hydrogens is 233 g/mol. The van der Waals surface area contributed by atoms with Crippen molar-refractivity contribution in [1.29, 1.82) is 0 Å².